The zero-order valence-electron chi connectivity index (χ0n) is 19.7. The highest BCUT2D eigenvalue weighted by Crippen LogP contribution is 2.30. The highest BCUT2D eigenvalue weighted by molar-refractivity contribution is 7.92. The molecule has 0 fully saturated rings. The Kier molecular flexibility index (Phi) is 8.84. The van der Waals surface area contributed by atoms with Crippen LogP contribution < -0.4 is 20.7 Å². The van der Waals surface area contributed by atoms with Gasteiger partial charge in [0.15, 0.2) is 0 Å². The van der Waals surface area contributed by atoms with E-state index < -0.39 is 22.0 Å². The third-order valence-electron chi connectivity index (χ3n) is 5.48. The molecule has 0 aliphatic carbocycles. The Balaban J connectivity index is 1.90. The fourth-order valence-corrected chi connectivity index (χ4v) is 4.94. The lowest BCUT2D eigenvalue weighted by Gasteiger charge is -2.24. The molecule has 1 atom stereocenters. The number of primary amides is 1. The summed E-state index contributed by atoms with van der Waals surface area (Å²) in [4.78, 5) is 24.7. The molecule has 0 aliphatic heterocycles. The molecule has 0 bridgehead atoms. The Morgan fingerprint density at radius 1 is 1.00 bits per heavy atom. The summed E-state index contributed by atoms with van der Waals surface area (Å²) in [6, 6.07) is 17.7. The number of sulfonamides is 1. The number of carbonyl (C=O) groups is 2. The summed E-state index contributed by atoms with van der Waals surface area (Å²) >= 11 is 12.4. The Hall–Kier alpha value is -3.27. The number of amides is 2. The SMILES string of the molecule is CNc1ccccc1C(=O)NC(CC(N)=O)c1ccc(N(Cc2cccc(Cl)c2Cl)S(C)(=O)=O)cc1. The van der Waals surface area contributed by atoms with Gasteiger partial charge in [-0.15, -0.1) is 0 Å². The smallest absolute Gasteiger partial charge is 0.253 e. The summed E-state index contributed by atoms with van der Waals surface area (Å²) in [7, 11) is -1.98. The van der Waals surface area contributed by atoms with Crippen LogP contribution in [0.4, 0.5) is 11.4 Å². The molecular weight excluding hydrogens is 523 g/mol. The summed E-state index contributed by atoms with van der Waals surface area (Å²) in [5.74, 6) is -0.983. The number of nitrogens with one attached hydrogen (secondary N) is 2. The molecule has 0 spiro atoms. The van der Waals surface area contributed by atoms with E-state index in [1.807, 2.05) is 0 Å². The highest BCUT2D eigenvalue weighted by Gasteiger charge is 2.23. The highest BCUT2D eigenvalue weighted by atomic mass is 35.5. The topological polar surface area (TPSA) is 122 Å². The Labute approximate surface area is 220 Å². The lowest BCUT2D eigenvalue weighted by Crippen LogP contribution is -2.32. The van der Waals surface area contributed by atoms with Crippen LogP contribution in [-0.4, -0.2) is 33.5 Å². The average molecular weight is 549 g/mol. The van der Waals surface area contributed by atoms with Crippen LogP contribution in [-0.2, 0) is 21.4 Å². The Morgan fingerprint density at radius 3 is 2.28 bits per heavy atom. The van der Waals surface area contributed by atoms with E-state index in [0.717, 1.165) is 6.26 Å². The molecular formula is C25H26Cl2N4O4S. The van der Waals surface area contributed by atoms with E-state index >= 15 is 0 Å². The van der Waals surface area contributed by atoms with Crippen molar-refractivity contribution in [3.63, 3.8) is 0 Å². The molecule has 0 saturated carbocycles. The van der Waals surface area contributed by atoms with Crippen molar-refractivity contribution < 1.29 is 18.0 Å². The average Bonchev–Trinajstić information content (AvgIpc) is 2.83. The number of rotatable bonds is 10. The van der Waals surface area contributed by atoms with E-state index in [-0.39, 0.29) is 23.9 Å². The van der Waals surface area contributed by atoms with Gasteiger partial charge < -0.3 is 16.4 Å². The maximum Gasteiger partial charge on any atom is 0.253 e. The van der Waals surface area contributed by atoms with E-state index in [1.165, 1.54) is 4.31 Å². The first-order valence-corrected chi connectivity index (χ1v) is 13.5. The van der Waals surface area contributed by atoms with Crippen LogP contribution in [0.5, 0.6) is 0 Å². The van der Waals surface area contributed by atoms with Crippen molar-refractivity contribution in [2.45, 2.75) is 19.0 Å². The predicted octanol–water partition coefficient (Wildman–Crippen LogP) is 4.35. The van der Waals surface area contributed by atoms with Crippen LogP contribution in [0.2, 0.25) is 10.0 Å². The Morgan fingerprint density at radius 2 is 1.67 bits per heavy atom. The standard InChI is InChI=1S/C25H26Cl2N4O4S/c1-29-21-9-4-3-7-19(21)25(33)30-22(14-23(28)32)16-10-12-18(13-11-16)31(36(2,34)35)15-17-6-5-8-20(26)24(17)27/h3-13,22,29H,14-15H2,1-2H3,(H2,28,32)(H,30,33). The number of carbonyl (C=O) groups excluding carboxylic acids is 2. The van der Waals surface area contributed by atoms with Crippen molar-refractivity contribution in [2.24, 2.45) is 5.73 Å². The molecule has 0 aromatic heterocycles. The van der Waals surface area contributed by atoms with E-state index in [0.29, 0.717) is 33.1 Å². The van der Waals surface area contributed by atoms with Gasteiger partial charge in [-0.3, -0.25) is 13.9 Å². The van der Waals surface area contributed by atoms with Gasteiger partial charge in [-0.1, -0.05) is 59.6 Å². The maximum absolute atomic E-state index is 12.9. The summed E-state index contributed by atoms with van der Waals surface area (Å²) in [6.45, 7) is -0.0280. The summed E-state index contributed by atoms with van der Waals surface area (Å²) in [5, 5.41) is 6.40. The molecule has 0 heterocycles. The van der Waals surface area contributed by atoms with E-state index in [1.54, 1.807) is 73.8 Å². The third-order valence-corrected chi connectivity index (χ3v) is 7.48. The minimum Gasteiger partial charge on any atom is -0.387 e. The monoisotopic (exact) mass is 548 g/mol. The molecule has 1 unspecified atom stereocenters. The first kappa shape index (κ1) is 27.3. The van der Waals surface area contributed by atoms with Gasteiger partial charge in [0.1, 0.15) is 0 Å². The minimum atomic E-state index is -3.68. The molecule has 0 aliphatic rings. The van der Waals surface area contributed by atoms with Crippen molar-refractivity contribution in [3.05, 3.63) is 93.5 Å². The molecule has 8 nitrogen and oxygen atoms in total. The minimum absolute atomic E-state index is 0.0280. The summed E-state index contributed by atoms with van der Waals surface area (Å²) in [5.41, 5.74) is 7.98. The number of hydrogen-bond acceptors (Lipinski definition) is 5. The van der Waals surface area contributed by atoms with Gasteiger partial charge >= 0.3 is 0 Å². The second kappa shape index (κ2) is 11.6. The fourth-order valence-electron chi connectivity index (χ4n) is 3.69. The second-order valence-corrected chi connectivity index (χ2v) is 10.8. The number of halogens is 2. The zero-order chi connectivity index (χ0) is 26.5. The number of anilines is 2. The van der Waals surface area contributed by atoms with Gasteiger partial charge in [-0.25, -0.2) is 8.42 Å². The van der Waals surface area contributed by atoms with Crippen molar-refractivity contribution in [1.82, 2.24) is 5.32 Å². The number of nitrogens with zero attached hydrogens (tertiary/aromatic N) is 1. The van der Waals surface area contributed by atoms with Gasteiger partial charge in [0, 0.05) is 12.7 Å². The normalized spacial score (nSPS) is 12.0. The third kappa shape index (κ3) is 6.69. The lowest BCUT2D eigenvalue weighted by atomic mass is 10.0. The Bertz CT molecular complexity index is 1360. The van der Waals surface area contributed by atoms with Crippen molar-refractivity contribution in [2.75, 3.05) is 22.9 Å². The van der Waals surface area contributed by atoms with Crippen LogP contribution >= 0.6 is 23.2 Å². The second-order valence-electron chi connectivity index (χ2n) is 8.07. The van der Waals surface area contributed by atoms with Crippen LogP contribution in [0.25, 0.3) is 0 Å². The van der Waals surface area contributed by atoms with Crippen LogP contribution in [0.1, 0.15) is 33.9 Å². The molecule has 11 heteroatoms. The molecule has 0 radical (unpaired) electrons. The van der Waals surface area contributed by atoms with Crippen LogP contribution in [0, 0.1) is 0 Å². The zero-order valence-corrected chi connectivity index (χ0v) is 22.0. The van der Waals surface area contributed by atoms with E-state index in [9.17, 15) is 18.0 Å². The fraction of sp³-hybridized carbons (Fsp3) is 0.200. The molecule has 190 valence electrons. The number of para-hydroxylation sites is 1. The van der Waals surface area contributed by atoms with Crippen molar-refractivity contribution in [3.8, 4) is 0 Å². The molecule has 0 saturated heterocycles. The number of hydrogen-bond donors (Lipinski definition) is 3. The predicted molar refractivity (Wildman–Crippen MR) is 144 cm³/mol. The first-order chi connectivity index (χ1) is 17.0. The largest absolute Gasteiger partial charge is 0.387 e. The maximum atomic E-state index is 12.9. The molecule has 4 N–H and O–H groups in total. The van der Waals surface area contributed by atoms with Gasteiger partial charge in [0.2, 0.25) is 15.9 Å². The number of nitrogens with two attached hydrogens (primary N) is 1. The molecule has 2 amide bonds. The number of benzene rings is 3. The van der Waals surface area contributed by atoms with Crippen LogP contribution in [0.3, 0.4) is 0 Å². The molecule has 3 rings (SSSR count). The van der Waals surface area contributed by atoms with Crippen LogP contribution in [0.15, 0.2) is 66.7 Å². The van der Waals surface area contributed by atoms with Gasteiger partial charge in [-0.2, -0.15) is 0 Å². The quantitative estimate of drug-likeness (QED) is 0.347. The summed E-state index contributed by atoms with van der Waals surface area (Å²) in [6.07, 6.45) is 0.954. The van der Waals surface area contributed by atoms with E-state index in [4.69, 9.17) is 28.9 Å². The lowest BCUT2D eigenvalue weighted by molar-refractivity contribution is -0.118. The molecule has 3 aromatic carbocycles. The van der Waals surface area contributed by atoms with Gasteiger partial charge in [-0.05, 0) is 41.5 Å². The van der Waals surface area contributed by atoms with Gasteiger partial charge in [0.05, 0.1) is 46.6 Å². The summed E-state index contributed by atoms with van der Waals surface area (Å²) < 4.78 is 26.4. The first-order valence-electron chi connectivity index (χ1n) is 10.9. The van der Waals surface area contributed by atoms with Crippen molar-refractivity contribution in [1.29, 1.82) is 0 Å². The molecule has 36 heavy (non-hydrogen) atoms. The molecule has 3 aromatic rings. The van der Waals surface area contributed by atoms with Gasteiger partial charge in [0.25, 0.3) is 5.91 Å². The van der Waals surface area contributed by atoms with Crippen molar-refractivity contribution >= 4 is 56.4 Å². The van der Waals surface area contributed by atoms with E-state index in [2.05, 4.69) is 10.6 Å².